The number of aromatic nitrogens is 3. The largest absolute Gasteiger partial charge is 0.325 e. The van der Waals surface area contributed by atoms with Gasteiger partial charge in [-0.15, -0.1) is 11.3 Å². The molecule has 0 fully saturated rings. The van der Waals surface area contributed by atoms with E-state index in [1.807, 2.05) is 19.9 Å². The smallest absolute Gasteiger partial charge is 0.265 e. The number of thiazole rings is 1. The van der Waals surface area contributed by atoms with Gasteiger partial charge in [0.2, 0.25) is 5.91 Å². The van der Waals surface area contributed by atoms with Gasteiger partial charge in [0, 0.05) is 35.7 Å². The molecule has 0 radical (unpaired) electrons. The van der Waals surface area contributed by atoms with Gasteiger partial charge in [0.25, 0.3) is 10.0 Å². The lowest BCUT2D eigenvalue weighted by Crippen LogP contribution is -2.26. The Morgan fingerprint density at radius 1 is 1.17 bits per heavy atom. The van der Waals surface area contributed by atoms with E-state index in [9.17, 15) is 13.2 Å². The highest BCUT2D eigenvalue weighted by molar-refractivity contribution is 7.99. The molecule has 11 heteroatoms. The standard InChI is InChI=1S/C18H19N5O3S3/c1-12-10-13(2)21-17(20-12)28-11-16(24)22-14-4-6-15(7-5-14)29(25,26)23(3)18-19-8-9-27-18/h4-10H,11H2,1-3H3,(H,22,24). The number of benzene rings is 1. The SMILES string of the molecule is Cc1cc(C)nc(SCC(=O)Nc2ccc(S(=O)(=O)N(C)c3nccs3)cc2)n1. The van der Waals surface area contributed by atoms with Crippen LogP contribution in [0.5, 0.6) is 0 Å². The van der Waals surface area contributed by atoms with E-state index < -0.39 is 10.0 Å². The zero-order valence-corrected chi connectivity index (χ0v) is 18.4. The van der Waals surface area contributed by atoms with Crippen LogP contribution in [0.2, 0.25) is 0 Å². The second kappa shape index (κ2) is 8.89. The van der Waals surface area contributed by atoms with E-state index in [-0.39, 0.29) is 16.6 Å². The van der Waals surface area contributed by atoms with E-state index in [1.54, 1.807) is 23.7 Å². The maximum absolute atomic E-state index is 12.7. The van der Waals surface area contributed by atoms with Crippen molar-refractivity contribution < 1.29 is 13.2 Å². The van der Waals surface area contributed by atoms with Crippen LogP contribution in [0.15, 0.2) is 52.0 Å². The second-order valence-electron chi connectivity index (χ2n) is 6.08. The molecule has 3 rings (SSSR count). The Hall–Kier alpha value is -2.50. The Morgan fingerprint density at radius 2 is 1.83 bits per heavy atom. The van der Waals surface area contributed by atoms with E-state index in [0.717, 1.165) is 15.7 Å². The number of anilines is 2. The molecule has 2 aromatic heterocycles. The monoisotopic (exact) mass is 449 g/mol. The third kappa shape index (κ3) is 5.31. The third-order valence-electron chi connectivity index (χ3n) is 3.78. The van der Waals surface area contributed by atoms with Gasteiger partial charge in [-0.2, -0.15) is 0 Å². The minimum Gasteiger partial charge on any atom is -0.325 e. The normalized spacial score (nSPS) is 11.3. The summed E-state index contributed by atoms with van der Waals surface area (Å²) < 4.78 is 26.5. The fraction of sp³-hybridized carbons (Fsp3) is 0.222. The predicted octanol–water partition coefficient (Wildman–Crippen LogP) is 3.11. The molecule has 1 N–H and O–H groups in total. The van der Waals surface area contributed by atoms with Crippen LogP contribution < -0.4 is 9.62 Å². The molecule has 29 heavy (non-hydrogen) atoms. The van der Waals surface area contributed by atoms with Crippen LogP contribution in [0.4, 0.5) is 10.8 Å². The summed E-state index contributed by atoms with van der Waals surface area (Å²) in [6, 6.07) is 7.88. The Bertz CT molecular complexity index is 1080. The molecule has 1 aromatic carbocycles. The topological polar surface area (TPSA) is 105 Å². The van der Waals surface area contributed by atoms with Crippen molar-refractivity contribution in [2.24, 2.45) is 0 Å². The van der Waals surface area contributed by atoms with Gasteiger partial charge in [-0.1, -0.05) is 11.8 Å². The highest BCUT2D eigenvalue weighted by atomic mass is 32.2. The van der Waals surface area contributed by atoms with Crippen molar-refractivity contribution in [3.05, 3.63) is 53.3 Å². The summed E-state index contributed by atoms with van der Waals surface area (Å²) in [4.78, 5) is 24.9. The number of nitrogens with zero attached hydrogens (tertiary/aromatic N) is 4. The van der Waals surface area contributed by atoms with Gasteiger partial charge in [0.1, 0.15) is 0 Å². The van der Waals surface area contributed by atoms with Gasteiger partial charge in [0.05, 0.1) is 10.6 Å². The lowest BCUT2D eigenvalue weighted by atomic mass is 10.3. The van der Waals surface area contributed by atoms with Crippen LogP contribution in [-0.4, -0.2) is 42.1 Å². The Kier molecular flexibility index (Phi) is 6.50. The number of hydrogen-bond donors (Lipinski definition) is 1. The number of sulfonamides is 1. The number of thioether (sulfide) groups is 1. The highest BCUT2D eigenvalue weighted by Crippen LogP contribution is 2.24. The van der Waals surface area contributed by atoms with Gasteiger partial charge in [-0.25, -0.2) is 27.7 Å². The van der Waals surface area contributed by atoms with Gasteiger partial charge in [0.15, 0.2) is 10.3 Å². The van der Waals surface area contributed by atoms with Crippen LogP contribution in [0.3, 0.4) is 0 Å². The molecule has 0 saturated carbocycles. The van der Waals surface area contributed by atoms with Gasteiger partial charge in [-0.05, 0) is 44.2 Å². The molecular weight excluding hydrogens is 430 g/mol. The number of carbonyl (C=O) groups is 1. The van der Waals surface area contributed by atoms with E-state index >= 15 is 0 Å². The van der Waals surface area contributed by atoms with Gasteiger partial charge in [-0.3, -0.25) is 4.79 Å². The first-order chi connectivity index (χ1) is 13.8. The summed E-state index contributed by atoms with van der Waals surface area (Å²) in [5.74, 6) is -0.0799. The third-order valence-corrected chi connectivity index (χ3v) is 7.35. The van der Waals surface area contributed by atoms with Gasteiger partial charge >= 0.3 is 0 Å². The molecular formula is C18H19N5O3S3. The molecule has 0 aliphatic rings. The molecule has 0 aliphatic carbocycles. The summed E-state index contributed by atoms with van der Waals surface area (Å²) in [6.45, 7) is 3.75. The zero-order chi connectivity index (χ0) is 21.0. The predicted molar refractivity (Wildman–Crippen MR) is 115 cm³/mol. The molecule has 2 heterocycles. The number of rotatable bonds is 7. The van der Waals surface area contributed by atoms with E-state index in [2.05, 4.69) is 20.3 Å². The Labute approximate surface area is 177 Å². The summed E-state index contributed by atoms with van der Waals surface area (Å²) in [5.41, 5.74) is 2.20. The quantitative estimate of drug-likeness (QED) is 0.436. The maximum atomic E-state index is 12.7. The number of aryl methyl sites for hydroxylation is 2. The Morgan fingerprint density at radius 3 is 2.41 bits per heavy atom. The Balaban J connectivity index is 1.62. The van der Waals surface area contributed by atoms with Crippen molar-refractivity contribution in [3.63, 3.8) is 0 Å². The van der Waals surface area contributed by atoms with Crippen LogP contribution >= 0.6 is 23.1 Å². The second-order valence-corrected chi connectivity index (χ2v) is 9.87. The molecule has 8 nitrogen and oxygen atoms in total. The fourth-order valence-electron chi connectivity index (χ4n) is 2.43. The molecule has 0 aliphatic heterocycles. The van der Waals surface area contributed by atoms with E-state index in [1.165, 1.54) is 42.3 Å². The van der Waals surface area contributed by atoms with Crippen LogP contribution in [0, 0.1) is 13.8 Å². The minimum atomic E-state index is -3.71. The fourth-order valence-corrected chi connectivity index (χ4v) is 5.16. The van der Waals surface area contributed by atoms with Crippen molar-refractivity contribution in [3.8, 4) is 0 Å². The van der Waals surface area contributed by atoms with Crippen LogP contribution in [0.1, 0.15) is 11.4 Å². The molecule has 0 atom stereocenters. The van der Waals surface area contributed by atoms with Crippen molar-refractivity contribution in [1.29, 1.82) is 0 Å². The number of carbonyl (C=O) groups excluding carboxylic acids is 1. The molecule has 0 unspecified atom stereocenters. The van der Waals surface area contributed by atoms with Gasteiger partial charge < -0.3 is 5.32 Å². The maximum Gasteiger partial charge on any atom is 0.265 e. The molecule has 0 spiro atoms. The molecule has 152 valence electrons. The van der Waals surface area contributed by atoms with Crippen molar-refractivity contribution >= 4 is 49.8 Å². The minimum absolute atomic E-state index is 0.117. The first-order valence-corrected chi connectivity index (χ1v) is 11.8. The van der Waals surface area contributed by atoms with E-state index in [0.29, 0.717) is 16.0 Å². The number of nitrogens with one attached hydrogen (secondary N) is 1. The summed E-state index contributed by atoms with van der Waals surface area (Å²) in [5, 5.41) is 5.38. The van der Waals surface area contributed by atoms with Crippen molar-refractivity contribution in [1.82, 2.24) is 15.0 Å². The van der Waals surface area contributed by atoms with Crippen molar-refractivity contribution in [2.45, 2.75) is 23.9 Å². The first kappa shape index (κ1) is 21.2. The molecule has 1 amide bonds. The number of amides is 1. The lowest BCUT2D eigenvalue weighted by molar-refractivity contribution is -0.113. The van der Waals surface area contributed by atoms with Crippen molar-refractivity contribution in [2.75, 3.05) is 22.4 Å². The summed E-state index contributed by atoms with van der Waals surface area (Å²) in [7, 11) is -2.26. The first-order valence-electron chi connectivity index (χ1n) is 8.49. The average Bonchev–Trinajstić information content (AvgIpc) is 3.20. The molecule has 3 aromatic rings. The van der Waals surface area contributed by atoms with Crippen LogP contribution in [-0.2, 0) is 14.8 Å². The summed E-state index contributed by atoms with van der Waals surface area (Å²) in [6.07, 6.45) is 1.55. The zero-order valence-electron chi connectivity index (χ0n) is 16.0. The summed E-state index contributed by atoms with van der Waals surface area (Å²) >= 11 is 2.48. The molecule has 0 saturated heterocycles. The lowest BCUT2D eigenvalue weighted by Gasteiger charge is -2.16. The number of hydrogen-bond acceptors (Lipinski definition) is 8. The highest BCUT2D eigenvalue weighted by Gasteiger charge is 2.22. The average molecular weight is 450 g/mol. The van der Waals surface area contributed by atoms with Crippen LogP contribution in [0.25, 0.3) is 0 Å². The van der Waals surface area contributed by atoms with E-state index in [4.69, 9.17) is 0 Å². The molecule has 0 bridgehead atoms.